The molecule has 3 rings (SSSR count). The van der Waals surface area contributed by atoms with Gasteiger partial charge in [-0.05, 0) is 19.1 Å². The fourth-order valence-electron chi connectivity index (χ4n) is 1.89. The number of amides is 1. The van der Waals surface area contributed by atoms with Crippen molar-refractivity contribution in [1.29, 1.82) is 0 Å². The van der Waals surface area contributed by atoms with E-state index >= 15 is 0 Å². The van der Waals surface area contributed by atoms with Crippen LogP contribution in [-0.2, 0) is 0 Å². The van der Waals surface area contributed by atoms with Crippen LogP contribution < -0.4 is 14.8 Å². The molecule has 9 heteroatoms. The highest BCUT2D eigenvalue weighted by Gasteiger charge is 2.17. The summed E-state index contributed by atoms with van der Waals surface area (Å²) in [5.74, 6) is 1.43. The molecule has 0 aliphatic rings. The Bertz CT molecular complexity index is 841. The first kappa shape index (κ1) is 14.3. The monoisotopic (exact) mass is 319 g/mol. The molecule has 2 heterocycles. The number of carbonyl (C=O) groups excluding carboxylic acids is 1. The number of hydrogen-bond acceptors (Lipinski definition) is 7. The lowest BCUT2D eigenvalue weighted by Crippen LogP contribution is -2.13. The van der Waals surface area contributed by atoms with Gasteiger partial charge in [-0.3, -0.25) is 4.79 Å². The van der Waals surface area contributed by atoms with Gasteiger partial charge in [0, 0.05) is 6.07 Å². The first-order valence-corrected chi connectivity index (χ1v) is 7.16. The Balaban J connectivity index is 1.90. The molecule has 0 atom stereocenters. The standard InChI is InChI=1S/C13H13N5O3S/c1-7-15-16-13-18(7)17-12(22-13)11(19)14-9-6-8(20-2)4-5-10(9)21-3/h4-6H,1-3H3,(H,14,19). The summed E-state index contributed by atoms with van der Waals surface area (Å²) in [6, 6.07) is 5.15. The number of nitrogens with one attached hydrogen (secondary N) is 1. The Hall–Kier alpha value is -2.68. The molecule has 0 unspecified atom stereocenters. The molecule has 0 radical (unpaired) electrons. The van der Waals surface area contributed by atoms with Crippen LogP contribution in [0.15, 0.2) is 18.2 Å². The Morgan fingerprint density at radius 3 is 2.77 bits per heavy atom. The normalized spacial score (nSPS) is 10.7. The van der Waals surface area contributed by atoms with E-state index in [-0.39, 0.29) is 10.9 Å². The van der Waals surface area contributed by atoms with E-state index in [1.165, 1.54) is 11.6 Å². The third-order valence-electron chi connectivity index (χ3n) is 3.00. The number of benzene rings is 1. The summed E-state index contributed by atoms with van der Waals surface area (Å²) in [5, 5.41) is 15.1. The van der Waals surface area contributed by atoms with Crippen molar-refractivity contribution < 1.29 is 14.3 Å². The number of aryl methyl sites for hydroxylation is 1. The maximum atomic E-state index is 12.3. The molecule has 2 aromatic heterocycles. The van der Waals surface area contributed by atoms with Crippen LogP contribution in [0.2, 0.25) is 0 Å². The average molecular weight is 319 g/mol. The van der Waals surface area contributed by atoms with Gasteiger partial charge in [0.2, 0.25) is 9.97 Å². The highest BCUT2D eigenvalue weighted by atomic mass is 32.1. The van der Waals surface area contributed by atoms with Crippen molar-refractivity contribution >= 4 is 27.9 Å². The molecule has 0 aliphatic carbocycles. The van der Waals surface area contributed by atoms with E-state index in [9.17, 15) is 4.79 Å². The van der Waals surface area contributed by atoms with E-state index in [1.54, 1.807) is 32.2 Å². The van der Waals surface area contributed by atoms with Gasteiger partial charge in [-0.1, -0.05) is 11.3 Å². The van der Waals surface area contributed by atoms with E-state index in [0.29, 0.717) is 28.0 Å². The van der Waals surface area contributed by atoms with Crippen molar-refractivity contribution in [2.75, 3.05) is 19.5 Å². The Labute approximate surface area is 129 Å². The molecule has 3 aromatic rings. The quantitative estimate of drug-likeness (QED) is 0.788. The van der Waals surface area contributed by atoms with Crippen LogP contribution in [0, 0.1) is 6.92 Å². The average Bonchev–Trinajstić information content (AvgIpc) is 3.09. The molecule has 0 saturated carbocycles. The van der Waals surface area contributed by atoms with Crippen molar-refractivity contribution in [3.8, 4) is 11.5 Å². The number of carbonyl (C=O) groups is 1. The van der Waals surface area contributed by atoms with Gasteiger partial charge in [0.05, 0.1) is 19.9 Å². The van der Waals surface area contributed by atoms with Crippen molar-refractivity contribution in [2.24, 2.45) is 0 Å². The lowest BCUT2D eigenvalue weighted by Gasteiger charge is -2.10. The summed E-state index contributed by atoms with van der Waals surface area (Å²) in [6.45, 7) is 1.77. The Kier molecular flexibility index (Phi) is 3.63. The number of ether oxygens (including phenoxy) is 2. The second-order valence-corrected chi connectivity index (χ2v) is 5.33. The summed E-state index contributed by atoms with van der Waals surface area (Å²) in [6.07, 6.45) is 0. The van der Waals surface area contributed by atoms with E-state index in [4.69, 9.17) is 9.47 Å². The van der Waals surface area contributed by atoms with Gasteiger partial charge in [-0.2, -0.15) is 4.52 Å². The number of fused-ring (bicyclic) bond motifs is 1. The summed E-state index contributed by atoms with van der Waals surface area (Å²) >= 11 is 1.16. The molecule has 1 N–H and O–H groups in total. The zero-order valence-corrected chi connectivity index (χ0v) is 13.0. The van der Waals surface area contributed by atoms with E-state index in [0.717, 1.165) is 11.3 Å². The molecule has 8 nitrogen and oxygen atoms in total. The number of hydrogen-bond donors (Lipinski definition) is 1. The third-order valence-corrected chi connectivity index (χ3v) is 3.89. The van der Waals surface area contributed by atoms with Crippen molar-refractivity contribution in [1.82, 2.24) is 19.8 Å². The third kappa shape index (κ3) is 2.46. The fraction of sp³-hybridized carbons (Fsp3) is 0.231. The Morgan fingerprint density at radius 2 is 2.09 bits per heavy atom. The van der Waals surface area contributed by atoms with Crippen LogP contribution in [0.25, 0.3) is 4.96 Å². The maximum absolute atomic E-state index is 12.3. The van der Waals surface area contributed by atoms with Gasteiger partial charge >= 0.3 is 0 Å². The first-order chi connectivity index (χ1) is 10.6. The number of nitrogens with zero attached hydrogens (tertiary/aromatic N) is 4. The van der Waals surface area contributed by atoms with Crippen molar-refractivity contribution in [3.63, 3.8) is 0 Å². The molecule has 114 valence electrons. The second kappa shape index (κ2) is 5.60. The zero-order valence-electron chi connectivity index (χ0n) is 12.2. The number of methoxy groups -OCH3 is 2. The fourth-order valence-corrected chi connectivity index (χ4v) is 2.67. The topological polar surface area (TPSA) is 90.6 Å². The van der Waals surface area contributed by atoms with E-state index in [2.05, 4.69) is 20.6 Å². The minimum absolute atomic E-state index is 0.290. The van der Waals surface area contributed by atoms with Crippen molar-refractivity contribution in [2.45, 2.75) is 6.92 Å². The minimum atomic E-state index is -0.346. The van der Waals surface area contributed by atoms with Gasteiger partial charge in [-0.25, -0.2) is 0 Å². The zero-order chi connectivity index (χ0) is 15.7. The summed E-state index contributed by atoms with van der Waals surface area (Å²) in [7, 11) is 3.09. The lowest BCUT2D eigenvalue weighted by atomic mass is 10.2. The molecular formula is C13H13N5O3S. The molecule has 0 bridgehead atoms. The summed E-state index contributed by atoms with van der Waals surface area (Å²) in [4.78, 5) is 12.9. The molecule has 1 amide bonds. The summed E-state index contributed by atoms with van der Waals surface area (Å²) < 4.78 is 11.9. The summed E-state index contributed by atoms with van der Waals surface area (Å²) in [5.41, 5.74) is 0.509. The molecular weight excluding hydrogens is 306 g/mol. The first-order valence-electron chi connectivity index (χ1n) is 6.34. The van der Waals surface area contributed by atoms with Crippen LogP contribution >= 0.6 is 11.3 Å². The van der Waals surface area contributed by atoms with Crippen LogP contribution in [0.1, 0.15) is 15.6 Å². The van der Waals surface area contributed by atoms with Gasteiger partial charge < -0.3 is 14.8 Å². The molecule has 0 aliphatic heterocycles. The van der Waals surface area contributed by atoms with Crippen LogP contribution in [0.5, 0.6) is 11.5 Å². The second-order valence-electron chi connectivity index (χ2n) is 4.37. The Morgan fingerprint density at radius 1 is 1.27 bits per heavy atom. The maximum Gasteiger partial charge on any atom is 0.286 e. The van der Waals surface area contributed by atoms with Gasteiger partial charge in [-0.15, -0.1) is 15.3 Å². The van der Waals surface area contributed by atoms with Gasteiger partial charge in [0.25, 0.3) is 5.91 Å². The predicted octanol–water partition coefficient (Wildman–Crippen LogP) is 1.76. The number of anilines is 1. The SMILES string of the molecule is COc1ccc(OC)c(NC(=O)c2nn3c(C)nnc3s2)c1. The predicted molar refractivity (Wildman–Crippen MR) is 80.9 cm³/mol. The van der Waals surface area contributed by atoms with Gasteiger partial charge in [0.15, 0.2) is 5.82 Å². The highest BCUT2D eigenvalue weighted by Crippen LogP contribution is 2.29. The molecule has 0 saturated heterocycles. The largest absolute Gasteiger partial charge is 0.497 e. The number of rotatable bonds is 4. The lowest BCUT2D eigenvalue weighted by molar-refractivity contribution is 0.102. The van der Waals surface area contributed by atoms with Crippen LogP contribution in [0.4, 0.5) is 5.69 Å². The van der Waals surface area contributed by atoms with E-state index in [1.807, 2.05) is 0 Å². The van der Waals surface area contributed by atoms with Crippen LogP contribution in [-0.4, -0.2) is 39.9 Å². The highest BCUT2D eigenvalue weighted by molar-refractivity contribution is 7.18. The minimum Gasteiger partial charge on any atom is -0.497 e. The molecule has 0 spiro atoms. The molecule has 22 heavy (non-hydrogen) atoms. The van der Waals surface area contributed by atoms with Gasteiger partial charge in [0.1, 0.15) is 11.5 Å². The van der Waals surface area contributed by atoms with Crippen molar-refractivity contribution in [3.05, 3.63) is 29.0 Å². The smallest absolute Gasteiger partial charge is 0.286 e. The van der Waals surface area contributed by atoms with E-state index < -0.39 is 0 Å². The van der Waals surface area contributed by atoms with Crippen LogP contribution in [0.3, 0.4) is 0 Å². The molecule has 0 fully saturated rings. The number of aromatic nitrogens is 4. The molecule has 1 aromatic carbocycles.